The lowest BCUT2D eigenvalue weighted by Gasteiger charge is -2.23. The molecule has 25 heavy (non-hydrogen) atoms. The van der Waals surface area contributed by atoms with E-state index in [2.05, 4.69) is 5.32 Å². The lowest BCUT2D eigenvalue weighted by molar-refractivity contribution is -0.131. The number of urea groups is 1. The van der Waals surface area contributed by atoms with Gasteiger partial charge in [0.15, 0.2) is 0 Å². The fourth-order valence-corrected chi connectivity index (χ4v) is 3.32. The van der Waals surface area contributed by atoms with Crippen LogP contribution < -0.4 is 10.1 Å². The van der Waals surface area contributed by atoms with Crippen LogP contribution >= 0.6 is 11.6 Å². The van der Waals surface area contributed by atoms with Crippen LogP contribution in [0.25, 0.3) is 0 Å². The van der Waals surface area contributed by atoms with Gasteiger partial charge in [-0.1, -0.05) is 48.0 Å². The van der Waals surface area contributed by atoms with Crippen molar-refractivity contribution in [3.63, 3.8) is 0 Å². The van der Waals surface area contributed by atoms with E-state index in [1.165, 1.54) is 4.90 Å². The largest absolute Gasteiger partial charge is 0.494 e. The molecule has 2 aromatic carbocycles. The Morgan fingerprint density at radius 3 is 2.52 bits per heavy atom. The average molecular weight is 359 g/mol. The standard InChI is InChI=1S/C19H19ClN2O3/c1-3-25-16-11-7-4-8-13(16)12-22-17(23)19(2,21-18(22)24)14-9-5-6-10-15(14)20/h4-11H,3,12H2,1-2H3,(H,21,24)/t19-/m0/s1. The number of nitrogens with one attached hydrogen (secondary N) is 1. The van der Waals surface area contributed by atoms with Crippen molar-refractivity contribution in [1.82, 2.24) is 10.2 Å². The summed E-state index contributed by atoms with van der Waals surface area (Å²) in [5.41, 5.74) is 0.169. The molecule has 0 bridgehead atoms. The van der Waals surface area contributed by atoms with E-state index in [4.69, 9.17) is 16.3 Å². The summed E-state index contributed by atoms with van der Waals surface area (Å²) in [6, 6.07) is 14.0. The van der Waals surface area contributed by atoms with Crippen LogP contribution in [0.1, 0.15) is 25.0 Å². The van der Waals surface area contributed by atoms with Crippen molar-refractivity contribution < 1.29 is 14.3 Å². The van der Waals surface area contributed by atoms with Crippen molar-refractivity contribution in [1.29, 1.82) is 0 Å². The molecule has 0 spiro atoms. The number of amides is 3. The van der Waals surface area contributed by atoms with Gasteiger partial charge in [0.05, 0.1) is 13.2 Å². The summed E-state index contributed by atoms with van der Waals surface area (Å²) in [5.74, 6) is 0.328. The third-order valence-electron chi connectivity index (χ3n) is 4.29. The zero-order valence-electron chi connectivity index (χ0n) is 14.1. The second-order valence-corrected chi connectivity index (χ2v) is 6.37. The van der Waals surface area contributed by atoms with Gasteiger partial charge in [0.25, 0.3) is 5.91 Å². The first-order chi connectivity index (χ1) is 12.0. The minimum Gasteiger partial charge on any atom is -0.494 e. The molecule has 3 amide bonds. The summed E-state index contributed by atoms with van der Waals surface area (Å²) in [7, 11) is 0. The average Bonchev–Trinajstić information content (AvgIpc) is 2.81. The first kappa shape index (κ1) is 17.3. The summed E-state index contributed by atoms with van der Waals surface area (Å²) in [6.07, 6.45) is 0. The predicted octanol–water partition coefficient (Wildman–Crippen LogP) is 3.71. The highest BCUT2D eigenvalue weighted by molar-refractivity contribution is 6.32. The third kappa shape index (κ3) is 3.07. The van der Waals surface area contributed by atoms with E-state index in [0.29, 0.717) is 22.9 Å². The van der Waals surface area contributed by atoms with Crippen molar-refractivity contribution in [3.05, 3.63) is 64.7 Å². The Morgan fingerprint density at radius 1 is 1.12 bits per heavy atom. The van der Waals surface area contributed by atoms with Crippen LogP contribution in [0.15, 0.2) is 48.5 Å². The molecule has 3 rings (SSSR count). The van der Waals surface area contributed by atoms with Crippen LogP contribution in [-0.4, -0.2) is 23.4 Å². The van der Waals surface area contributed by atoms with E-state index in [1.54, 1.807) is 31.2 Å². The number of carbonyl (C=O) groups excluding carboxylic acids is 2. The maximum Gasteiger partial charge on any atom is 0.325 e. The fraction of sp³-hybridized carbons (Fsp3) is 0.263. The monoisotopic (exact) mass is 358 g/mol. The Morgan fingerprint density at radius 2 is 1.80 bits per heavy atom. The number of carbonyl (C=O) groups is 2. The molecular weight excluding hydrogens is 340 g/mol. The molecule has 0 aromatic heterocycles. The van der Waals surface area contributed by atoms with E-state index in [-0.39, 0.29) is 12.5 Å². The van der Waals surface area contributed by atoms with Gasteiger partial charge < -0.3 is 10.1 Å². The van der Waals surface area contributed by atoms with E-state index in [1.807, 2.05) is 31.2 Å². The zero-order valence-corrected chi connectivity index (χ0v) is 14.8. The van der Waals surface area contributed by atoms with Gasteiger partial charge in [-0.15, -0.1) is 0 Å². The van der Waals surface area contributed by atoms with Crippen LogP contribution in [0, 0.1) is 0 Å². The van der Waals surface area contributed by atoms with Crippen molar-refractivity contribution in [3.8, 4) is 5.75 Å². The van der Waals surface area contributed by atoms with E-state index in [9.17, 15) is 9.59 Å². The summed E-state index contributed by atoms with van der Waals surface area (Å²) >= 11 is 6.24. The number of rotatable bonds is 5. The normalized spacial score (nSPS) is 19.9. The molecule has 5 nitrogen and oxygen atoms in total. The molecule has 6 heteroatoms. The molecule has 1 saturated heterocycles. The first-order valence-electron chi connectivity index (χ1n) is 8.07. The second-order valence-electron chi connectivity index (χ2n) is 5.97. The number of halogens is 1. The molecular formula is C19H19ClN2O3. The predicted molar refractivity (Wildman–Crippen MR) is 95.5 cm³/mol. The van der Waals surface area contributed by atoms with Gasteiger partial charge in [0.1, 0.15) is 11.3 Å². The summed E-state index contributed by atoms with van der Waals surface area (Å²) in [4.78, 5) is 26.7. The number of hydrogen-bond donors (Lipinski definition) is 1. The quantitative estimate of drug-likeness (QED) is 0.829. The smallest absolute Gasteiger partial charge is 0.325 e. The van der Waals surface area contributed by atoms with Gasteiger partial charge in [-0.3, -0.25) is 9.69 Å². The maximum absolute atomic E-state index is 13.0. The molecule has 1 fully saturated rings. The number of ether oxygens (including phenoxy) is 1. The summed E-state index contributed by atoms with van der Waals surface area (Å²) in [6.45, 7) is 4.21. The number of imide groups is 1. The van der Waals surface area contributed by atoms with Crippen LogP contribution in [0.5, 0.6) is 5.75 Å². The van der Waals surface area contributed by atoms with Crippen molar-refractivity contribution in [2.45, 2.75) is 25.9 Å². The highest BCUT2D eigenvalue weighted by Gasteiger charge is 2.49. The molecule has 130 valence electrons. The van der Waals surface area contributed by atoms with Gasteiger partial charge in [-0.2, -0.15) is 0 Å². The minimum absolute atomic E-state index is 0.140. The molecule has 0 saturated carbocycles. The Labute approximate surface area is 151 Å². The van der Waals surface area contributed by atoms with E-state index < -0.39 is 11.6 Å². The molecule has 1 heterocycles. The third-order valence-corrected chi connectivity index (χ3v) is 4.62. The summed E-state index contributed by atoms with van der Waals surface area (Å²) in [5, 5.41) is 3.21. The van der Waals surface area contributed by atoms with Crippen LogP contribution in [-0.2, 0) is 16.9 Å². The minimum atomic E-state index is -1.18. The van der Waals surface area contributed by atoms with Gasteiger partial charge >= 0.3 is 6.03 Å². The molecule has 1 aliphatic heterocycles. The number of hydrogen-bond acceptors (Lipinski definition) is 3. The molecule has 1 N–H and O–H groups in total. The highest BCUT2D eigenvalue weighted by atomic mass is 35.5. The Hall–Kier alpha value is -2.53. The molecule has 2 aromatic rings. The fourth-order valence-electron chi connectivity index (χ4n) is 2.99. The lowest BCUT2D eigenvalue weighted by atomic mass is 9.92. The van der Waals surface area contributed by atoms with Crippen molar-refractivity contribution in [2.75, 3.05) is 6.61 Å². The Bertz CT molecular complexity index is 824. The van der Waals surface area contributed by atoms with Gasteiger partial charge in [-0.05, 0) is 26.0 Å². The first-order valence-corrected chi connectivity index (χ1v) is 8.45. The SMILES string of the molecule is CCOc1ccccc1CN1C(=O)N[C@@](C)(c2ccccc2Cl)C1=O. The van der Waals surface area contributed by atoms with Gasteiger partial charge in [0.2, 0.25) is 0 Å². The van der Waals surface area contributed by atoms with E-state index >= 15 is 0 Å². The topological polar surface area (TPSA) is 58.6 Å². The number of benzene rings is 2. The molecule has 0 aliphatic carbocycles. The summed E-state index contributed by atoms with van der Waals surface area (Å²) < 4.78 is 5.58. The van der Waals surface area contributed by atoms with Gasteiger partial charge in [0, 0.05) is 16.1 Å². The lowest BCUT2D eigenvalue weighted by Crippen LogP contribution is -2.41. The molecule has 0 radical (unpaired) electrons. The van der Waals surface area contributed by atoms with Crippen molar-refractivity contribution >= 4 is 23.5 Å². The van der Waals surface area contributed by atoms with Crippen LogP contribution in [0.2, 0.25) is 5.02 Å². The number of para-hydroxylation sites is 1. The molecule has 1 aliphatic rings. The Kier molecular flexibility index (Phi) is 4.68. The Balaban J connectivity index is 1.91. The number of nitrogens with zero attached hydrogens (tertiary/aromatic N) is 1. The highest BCUT2D eigenvalue weighted by Crippen LogP contribution is 2.34. The molecule has 1 atom stereocenters. The second kappa shape index (κ2) is 6.76. The van der Waals surface area contributed by atoms with Crippen molar-refractivity contribution in [2.24, 2.45) is 0 Å². The van der Waals surface area contributed by atoms with Crippen LogP contribution in [0.4, 0.5) is 4.79 Å². The maximum atomic E-state index is 13.0. The van der Waals surface area contributed by atoms with Crippen LogP contribution in [0.3, 0.4) is 0 Å². The van der Waals surface area contributed by atoms with E-state index in [0.717, 1.165) is 5.56 Å². The zero-order chi connectivity index (χ0) is 18.0. The van der Waals surface area contributed by atoms with Gasteiger partial charge in [-0.25, -0.2) is 4.79 Å². The molecule has 0 unspecified atom stereocenters.